The van der Waals surface area contributed by atoms with Crippen molar-refractivity contribution >= 4 is 129 Å². The van der Waals surface area contributed by atoms with Crippen LogP contribution in [0.25, 0.3) is 43.9 Å². The lowest BCUT2D eigenvalue weighted by molar-refractivity contribution is -0.137. The molecule has 9 aromatic rings. The highest BCUT2D eigenvalue weighted by Crippen LogP contribution is 2.40. The van der Waals surface area contributed by atoms with Crippen LogP contribution in [0, 0.1) is 0 Å². The summed E-state index contributed by atoms with van der Waals surface area (Å²) in [7, 11) is 8.51. The van der Waals surface area contributed by atoms with E-state index in [1.807, 2.05) is 71.0 Å². The van der Waals surface area contributed by atoms with Crippen molar-refractivity contribution in [3.05, 3.63) is 150 Å². The minimum Gasteiger partial charge on any atom is -0.488 e. The first-order valence-corrected chi connectivity index (χ1v) is 38.8. The van der Waals surface area contributed by atoms with Gasteiger partial charge >= 0.3 is 29.8 Å². The fourth-order valence-corrected chi connectivity index (χ4v) is 15.7. The molecule has 1 N–H and O–H groups in total. The van der Waals surface area contributed by atoms with Gasteiger partial charge in [-0.1, -0.05) is 66.5 Å². The number of hydrogen-bond donors (Lipinski definition) is 1. The predicted molar refractivity (Wildman–Crippen MR) is 425 cm³/mol. The second kappa shape index (κ2) is 42.4. The highest BCUT2D eigenvalue weighted by atomic mass is 79.9. The number of halogens is 2. The van der Waals surface area contributed by atoms with E-state index < -0.39 is 12.3 Å². The van der Waals surface area contributed by atoms with Gasteiger partial charge in [0.05, 0.1) is 82.2 Å². The summed E-state index contributed by atoms with van der Waals surface area (Å²) in [5.41, 5.74) is 13.2. The molecule has 109 heavy (non-hydrogen) atoms. The van der Waals surface area contributed by atoms with Crippen LogP contribution in [0.1, 0.15) is 184 Å². The normalized spacial score (nSPS) is 14.2. The maximum Gasteiger partial charge on any atom is 0.338 e. The summed E-state index contributed by atoms with van der Waals surface area (Å²) in [5.74, 6) is -0.979. The van der Waals surface area contributed by atoms with Gasteiger partial charge in [0.1, 0.15) is 34.7 Å². The predicted octanol–water partition coefficient (Wildman–Crippen LogP) is 17.5. The van der Waals surface area contributed by atoms with Crippen molar-refractivity contribution in [1.82, 2.24) is 0 Å². The molecule has 12 rings (SSSR count). The van der Waals surface area contributed by atoms with Gasteiger partial charge in [-0.2, -0.15) is 0 Å². The number of fused-ring (bicyclic) bond motifs is 4. The summed E-state index contributed by atoms with van der Waals surface area (Å²) >= 11 is 6.90. The number of nitrogens with zero attached hydrogens (tertiary/aromatic N) is 2. The number of anilines is 3. The number of esters is 5. The number of hydrogen-bond acceptors (Lipinski definition) is 24. The molecule has 0 amide bonds. The maximum atomic E-state index is 12.6. The van der Waals surface area contributed by atoms with Crippen molar-refractivity contribution in [3.8, 4) is 5.75 Å². The Morgan fingerprint density at radius 3 is 1.33 bits per heavy atom. The van der Waals surface area contributed by atoms with Crippen molar-refractivity contribution in [2.45, 2.75) is 150 Å². The minimum atomic E-state index is -0.443. The number of carbonyl (C=O) groups excluding carboxylic acids is 6. The molecular weight excluding hydrogens is 1530 g/mol. The molecule has 1 unspecified atom stereocenters. The smallest absolute Gasteiger partial charge is 0.338 e. The van der Waals surface area contributed by atoms with Crippen LogP contribution in [0.15, 0.2) is 106 Å². The number of benzene rings is 5. The van der Waals surface area contributed by atoms with Gasteiger partial charge in [0, 0.05) is 150 Å². The van der Waals surface area contributed by atoms with Crippen LogP contribution in [0.3, 0.4) is 0 Å². The van der Waals surface area contributed by atoms with Crippen LogP contribution in [0.2, 0.25) is 0 Å². The third-order valence-corrected chi connectivity index (χ3v) is 21.0. The average Bonchev–Trinajstić information content (AvgIpc) is 1.70. The Balaban J connectivity index is 0.000000173. The van der Waals surface area contributed by atoms with E-state index in [-0.39, 0.29) is 36.2 Å². The number of carbonyl (C=O) groups is 6. The maximum absolute atomic E-state index is 12.6. The van der Waals surface area contributed by atoms with Crippen molar-refractivity contribution < 1.29 is 98.5 Å². The number of rotatable bonds is 25. The van der Waals surface area contributed by atoms with Gasteiger partial charge in [-0.05, 0) is 162 Å². The lowest BCUT2D eigenvalue weighted by Gasteiger charge is -2.36. The fraction of sp³-hybridized carbons (Fsp3) is 0.470. The first kappa shape index (κ1) is 85.8. The Bertz CT molecular complexity index is 4520. The van der Waals surface area contributed by atoms with Gasteiger partial charge in [0.15, 0.2) is 18.3 Å². The number of aldehydes is 1. The van der Waals surface area contributed by atoms with Crippen molar-refractivity contribution in [3.63, 3.8) is 0 Å². The molecule has 3 saturated heterocycles. The lowest BCUT2D eigenvalue weighted by Crippen LogP contribution is -2.40. The van der Waals surface area contributed by atoms with Crippen molar-refractivity contribution in [1.29, 1.82) is 0 Å². The van der Waals surface area contributed by atoms with Gasteiger partial charge in [-0.3, -0.25) is 4.79 Å². The molecule has 1 atom stereocenters. The summed E-state index contributed by atoms with van der Waals surface area (Å²) in [4.78, 5) is 76.7. The van der Waals surface area contributed by atoms with Gasteiger partial charge in [0.25, 0.3) is 0 Å². The second-order valence-corrected chi connectivity index (χ2v) is 27.3. The number of nitrogens with one attached hydrogen (secondary N) is 1. The molecule has 3 aliphatic heterocycles. The first-order valence-electron chi connectivity index (χ1n) is 37.2. The molecule has 26 heteroatoms. The Hall–Kier alpha value is -8.76. The molecule has 0 radical (unpaired) electrons. The number of furan rings is 4. The third kappa shape index (κ3) is 20.6. The highest BCUT2D eigenvalue weighted by Gasteiger charge is 2.31. The van der Waals surface area contributed by atoms with Gasteiger partial charge in [-0.25, -0.2) is 24.0 Å². The summed E-state index contributed by atoms with van der Waals surface area (Å²) < 4.78 is 80.9. The summed E-state index contributed by atoms with van der Waals surface area (Å²) in [6.07, 6.45) is 14.5. The molecule has 0 spiro atoms. The van der Waals surface area contributed by atoms with Crippen LogP contribution in [-0.4, -0.2) is 169 Å². The molecule has 3 aliphatic rings. The quantitative estimate of drug-likeness (QED) is 0.0241. The van der Waals surface area contributed by atoms with E-state index in [9.17, 15) is 28.8 Å². The fourth-order valence-electron chi connectivity index (χ4n) is 14.3. The highest BCUT2D eigenvalue weighted by molar-refractivity contribution is 9.10. The molecule has 590 valence electrons. The van der Waals surface area contributed by atoms with Crippen LogP contribution in [-0.2, 0) is 79.5 Å². The molecule has 4 aromatic heterocycles. The zero-order valence-electron chi connectivity index (χ0n) is 65.0. The average molecular weight is 1640 g/mol. The summed E-state index contributed by atoms with van der Waals surface area (Å²) in [5, 5.41) is 6.61. The van der Waals surface area contributed by atoms with Crippen LogP contribution in [0.4, 0.5) is 17.1 Å². The van der Waals surface area contributed by atoms with E-state index in [0.717, 1.165) is 186 Å². The second-order valence-electron chi connectivity index (χ2n) is 25.5. The van der Waals surface area contributed by atoms with Crippen molar-refractivity contribution in [2.75, 3.05) is 124 Å². The Labute approximate surface area is 653 Å². The van der Waals surface area contributed by atoms with E-state index in [1.54, 1.807) is 44.1 Å². The molecule has 7 heterocycles. The standard InChI is InChI=1S/C20H25NO5.C19H25NO4.C17H21NO4.C15H21BrO5.C12H11BrO3/c1-4-15-17(21(5-2)13-6-8-25-9-7-13)11-18-16(10-14(12-22)26-18)19(15)20(23)24-3;1-4-14-16(20(5-2)13-6-9-23-10-7-13)12-17-15(8-11-24-17)18(14)19(21)22-3;1-3-12-14(18-11-4-7-21-8-5-11)10-15-13(6-9-22-15)16(12)17(19)20-2;1-5-11-12(15(17)19-4)7-10(8-13(11)16)21-9-14(18-3)20-6-2;1-3-7-9(13)6-10-8(4-5-16-10)11(7)12(14)15-2/h10-13H,4-9H2,1-3H3;8,11-13H,4-7,9-10H2,1-3H3;6,9-11,18H,3-5,7-8H2,1-2H3;7-8,14H,5-6,9H2,1-4H3;4-6H,3H2,1-2H3. The zero-order chi connectivity index (χ0) is 78.8. The lowest BCUT2D eigenvalue weighted by atomic mass is 9.96. The molecule has 0 saturated carbocycles. The Morgan fingerprint density at radius 2 is 0.899 bits per heavy atom. The molecule has 0 aliphatic carbocycles. The summed E-state index contributed by atoms with van der Waals surface area (Å²) in [6, 6.07) is 19.6. The van der Waals surface area contributed by atoms with Crippen molar-refractivity contribution in [2.24, 2.45) is 0 Å². The summed E-state index contributed by atoms with van der Waals surface area (Å²) in [6.45, 7) is 23.3. The number of ether oxygens (including phenoxy) is 11. The van der Waals surface area contributed by atoms with E-state index in [1.165, 1.54) is 35.5 Å². The largest absolute Gasteiger partial charge is 0.488 e. The van der Waals surface area contributed by atoms with E-state index >= 15 is 0 Å². The third-order valence-electron chi connectivity index (χ3n) is 19.6. The van der Waals surface area contributed by atoms with E-state index in [0.29, 0.717) is 99.6 Å². The monoisotopic (exact) mass is 1640 g/mol. The SMILES string of the molecule is CCOC(COc1cc(Br)c(CC)c(C(=O)OC)c1)OC.CCc1c(Br)cc2occc2c1C(=O)OC.CCc1c(N(CC)C2CCOCC2)cc2oc(C=O)cc2c1C(=O)OC.CCc1c(N(CC)C2CCOCC2)cc2occc2c1C(=O)OC.CCc1c(NC2CCOCC2)cc2occc2c1C(=O)OC. The van der Waals surface area contributed by atoms with Gasteiger partial charge < -0.3 is 84.9 Å². The topological polar surface area (TPSA) is 275 Å². The molecule has 0 bridgehead atoms. The van der Waals surface area contributed by atoms with Crippen LogP contribution in [0.5, 0.6) is 5.75 Å². The molecular formula is C83H103Br2N3O21. The first-order chi connectivity index (χ1) is 52.8. The molecule has 3 fully saturated rings. The van der Waals surface area contributed by atoms with Gasteiger partial charge in [0.2, 0.25) is 0 Å². The molecule has 5 aromatic carbocycles. The van der Waals surface area contributed by atoms with E-state index in [2.05, 4.69) is 73.8 Å². The van der Waals surface area contributed by atoms with Crippen LogP contribution < -0.4 is 19.9 Å². The molecule has 24 nitrogen and oxygen atoms in total. The Kier molecular flexibility index (Phi) is 33.4. The zero-order valence-corrected chi connectivity index (χ0v) is 68.1. The Morgan fingerprint density at radius 1 is 0.486 bits per heavy atom. The van der Waals surface area contributed by atoms with E-state index in [4.69, 9.17) is 69.8 Å². The van der Waals surface area contributed by atoms with Gasteiger partial charge in [-0.15, -0.1) is 0 Å². The number of methoxy groups -OCH3 is 6. The minimum absolute atomic E-state index is 0.207. The van der Waals surface area contributed by atoms with Crippen LogP contribution >= 0.6 is 31.9 Å².